The van der Waals surface area contributed by atoms with Gasteiger partial charge in [0.2, 0.25) is 23.8 Å². The molecule has 8 heteroatoms. The lowest BCUT2D eigenvalue weighted by atomic mass is 10.2. The summed E-state index contributed by atoms with van der Waals surface area (Å²) in [6.07, 6.45) is 1.61. The average Bonchev–Trinajstić information content (AvgIpc) is 2.76. The number of nitrogens with zero attached hydrogens (tertiary/aromatic N) is 5. The van der Waals surface area contributed by atoms with Crippen molar-refractivity contribution in [1.29, 1.82) is 0 Å². The minimum atomic E-state index is -0.363. The van der Waals surface area contributed by atoms with Gasteiger partial charge in [-0.05, 0) is 12.8 Å². The molecule has 8 nitrogen and oxygen atoms in total. The van der Waals surface area contributed by atoms with E-state index in [1.165, 1.54) is 0 Å². The monoisotopic (exact) mass is 251 g/mol. The highest BCUT2D eigenvalue weighted by molar-refractivity contribution is 5.83. The molecule has 1 fully saturated rings. The topological polar surface area (TPSA) is 114 Å². The van der Waals surface area contributed by atoms with Gasteiger partial charge in [-0.1, -0.05) is 0 Å². The standard InChI is InChI=1S/C10H17N7O/c1-16(2)9-13-8(12)14-10(15-9)17-5-3-4-6(17)7(11)18/h6H,3-5H2,1-2H3,(H2,11,18)(H2,12,13,14,15). The van der Waals surface area contributed by atoms with Crippen molar-refractivity contribution in [3.05, 3.63) is 0 Å². The third-order valence-electron chi connectivity index (χ3n) is 2.87. The van der Waals surface area contributed by atoms with Gasteiger partial charge < -0.3 is 21.3 Å². The van der Waals surface area contributed by atoms with Crippen molar-refractivity contribution >= 4 is 23.8 Å². The number of nitrogen functional groups attached to an aromatic ring is 1. The van der Waals surface area contributed by atoms with Crippen LogP contribution in [0.2, 0.25) is 0 Å². The molecule has 2 rings (SSSR count). The summed E-state index contributed by atoms with van der Waals surface area (Å²) in [5.74, 6) is 0.650. The van der Waals surface area contributed by atoms with Gasteiger partial charge in [-0.15, -0.1) is 0 Å². The van der Waals surface area contributed by atoms with Gasteiger partial charge in [-0.2, -0.15) is 15.0 Å². The average molecular weight is 251 g/mol. The van der Waals surface area contributed by atoms with Crippen LogP contribution in [-0.4, -0.2) is 47.5 Å². The number of primary amides is 1. The van der Waals surface area contributed by atoms with Crippen LogP contribution in [0.1, 0.15) is 12.8 Å². The van der Waals surface area contributed by atoms with Crippen LogP contribution in [0.25, 0.3) is 0 Å². The maximum Gasteiger partial charge on any atom is 0.240 e. The molecular formula is C10H17N7O. The summed E-state index contributed by atoms with van der Waals surface area (Å²) in [5.41, 5.74) is 11.0. The third kappa shape index (κ3) is 2.27. The summed E-state index contributed by atoms with van der Waals surface area (Å²) in [4.78, 5) is 27.3. The molecule has 1 unspecified atom stereocenters. The molecule has 0 saturated carbocycles. The summed E-state index contributed by atoms with van der Waals surface area (Å²) >= 11 is 0. The molecule has 4 N–H and O–H groups in total. The Morgan fingerprint density at radius 2 is 2.11 bits per heavy atom. The second kappa shape index (κ2) is 4.63. The molecule has 1 aliphatic heterocycles. The SMILES string of the molecule is CN(C)c1nc(N)nc(N2CCCC2C(N)=O)n1. The highest BCUT2D eigenvalue weighted by Gasteiger charge is 2.31. The summed E-state index contributed by atoms with van der Waals surface area (Å²) in [7, 11) is 3.63. The zero-order chi connectivity index (χ0) is 13.3. The Hall–Kier alpha value is -2.12. The lowest BCUT2D eigenvalue weighted by Gasteiger charge is -2.23. The van der Waals surface area contributed by atoms with E-state index in [0.717, 1.165) is 12.8 Å². The fraction of sp³-hybridized carbons (Fsp3) is 0.600. The van der Waals surface area contributed by atoms with Crippen molar-refractivity contribution in [2.45, 2.75) is 18.9 Å². The van der Waals surface area contributed by atoms with E-state index in [0.29, 0.717) is 18.4 Å². The van der Waals surface area contributed by atoms with Crippen LogP contribution in [0.5, 0.6) is 0 Å². The number of hydrogen-bond donors (Lipinski definition) is 2. The van der Waals surface area contributed by atoms with Crippen molar-refractivity contribution in [2.24, 2.45) is 5.73 Å². The Kier molecular flexibility index (Phi) is 3.17. The van der Waals surface area contributed by atoms with Gasteiger partial charge in [0.25, 0.3) is 0 Å². The molecule has 1 atom stereocenters. The second-order valence-corrected chi connectivity index (χ2v) is 4.44. The molecule has 1 aromatic rings. The predicted molar refractivity (Wildman–Crippen MR) is 68.1 cm³/mol. The van der Waals surface area contributed by atoms with Crippen molar-refractivity contribution in [2.75, 3.05) is 36.2 Å². The van der Waals surface area contributed by atoms with E-state index in [1.807, 2.05) is 14.1 Å². The number of amides is 1. The minimum Gasteiger partial charge on any atom is -0.368 e. The predicted octanol–water partition coefficient (Wildman–Crippen LogP) is -1.03. The fourth-order valence-corrected chi connectivity index (χ4v) is 2.00. The third-order valence-corrected chi connectivity index (χ3v) is 2.87. The van der Waals surface area contributed by atoms with E-state index in [-0.39, 0.29) is 17.9 Å². The molecule has 1 saturated heterocycles. The number of rotatable bonds is 3. The van der Waals surface area contributed by atoms with Crippen LogP contribution in [0.15, 0.2) is 0 Å². The van der Waals surface area contributed by atoms with Crippen LogP contribution in [0.3, 0.4) is 0 Å². The van der Waals surface area contributed by atoms with E-state index >= 15 is 0 Å². The quantitative estimate of drug-likeness (QED) is 0.706. The molecular weight excluding hydrogens is 234 g/mol. The number of carbonyl (C=O) groups is 1. The normalized spacial score (nSPS) is 19.0. The largest absolute Gasteiger partial charge is 0.368 e. The lowest BCUT2D eigenvalue weighted by Crippen LogP contribution is -2.41. The van der Waals surface area contributed by atoms with Crippen LogP contribution < -0.4 is 21.3 Å². The van der Waals surface area contributed by atoms with Crippen molar-refractivity contribution in [1.82, 2.24) is 15.0 Å². The first-order valence-electron chi connectivity index (χ1n) is 5.74. The molecule has 0 radical (unpaired) electrons. The fourth-order valence-electron chi connectivity index (χ4n) is 2.00. The maximum atomic E-state index is 11.4. The number of aromatic nitrogens is 3. The first kappa shape index (κ1) is 12.3. The smallest absolute Gasteiger partial charge is 0.240 e. The lowest BCUT2D eigenvalue weighted by molar-refractivity contribution is -0.119. The minimum absolute atomic E-state index is 0.138. The van der Waals surface area contributed by atoms with Gasteiger partial charge in [0.05, 0.1) is 0 Å². The van der Waals surface area contributed by atoms with Gasteiger partial charge in [-0.25, -0.2) is 0 Å². The zero-order valence-electron chi connectivity index (χ0n) is 10.5. The van der Waals surface area contributed by atoms with E-state index in [9.17, 15) is 4.79 Å². The van der Waals surface area contributed by atoms with E-state index in [2.05, 4.69) is 15.0 Å². The Morgan fingerprint density at radius 1 is 1.39 bits per heavy atom. The van der Waals surface area contributed by atoms with E-state index < -0.39 is 0 Å². The number of anilines is 3. The highest BCUT2D eigenvalue weighted by Crippen LogP contribution is 2.23. The van der Waals surface area contributed by atoms with Crippen LogP contribution >= 0.6 is 0 Å². The molecule has 0 bridgehead atoms. The molecule has 1 aromatic heterocycles. The Bertz CT molecular complexity index is 462. The molecule has 2 heterocycles. The first-order chi connectivity index (χ1) is 8.49. The number of hydrogen-bond acceptors (Lipinski definition) is 7. The summed E-state index contributed by atoms with van der Waals surface area (Å²) in [6, 6.07) is -0.359. The molecule has 0 spiro atoms. The summed E-state index contributed by atoms with van der Waals surface area (Å²) in [5, 5.41) is 0. The van der Waals surface area contributed by atoms with Crippen molar-refractivity contribution in [3.8, 4) is 0 Å². The molecule has 1 amide bonds. The summed E-state index contributed by atoms with van der Waals surface area (Å²) < 4.78 is 0. The molecule has 0 aromatic carbocycles. The summed E-state index contributed by atoms with van der Waals surface area (Å²) in [6.45, 7) is 0.698. The number of nitrogens with two attached hydrogens (primary N) is 2. The van der Waals surface area contributed by atoms with Gasteiger partial charge in [0, 0.05) is 20.6 Å². The van der Waals surface area contributed by atoms with Gasteiger partial charge in [0.1, 0.15) is 6.04 Å². The van der Waals surface area contributed by atoms with Gasteiger partial charge in [-0.3, -0.25) is 4.79 Å². The Balaban J connectivity index is 2.35. The van der Waals surface area contributed by atoms with Crippen molar-refractivity contribution in [3.63, 3.8) is 0 Å². The molecule has 18 heavy (non-hydrogen) atoms. The Morgan fingerprint density at radius 3 is 2.72 bits per heavy atom. The van der Waals surface area contributed by atoms with Crippen LogP contribution in [-0.2, 0) is 4.79 Å². The van der Waals surface area contributed by atoms with Crippen LogP contribution in [0, 0.1) is 0 Å². The number of carbonyl (C=O) groups excluding carboxylic acids is 1. The van der Waals surface area contributed by atoms with Gasteiger partial charge in [0.15, 0.2) is 0 Å². The highest BCUT2D eigenvalue weighted by atomic mass is 16.1. The first-order valence-corrected chi connectivity index (χ1v) is 5.74. The zero-order valence-corrected chi connectivity index (χ0v) is 10.5. The van der Waals surface area contributed by atoms with Crippen molar-refractivity contribution < 1.29 is 4.79 Å². The molecule has 0 aliphatic carbocycles. The Labute approximate surface area is 105 Å². The molecule has 98 valence electrons. The van der Waals surface area contributed by atoms with Gasteiger partial charge >= 0.3 is 0 Å². The molecule has 1 aliphatic rings. The second-order valence-electron chi connectivity index (χ2n) is 4.44. The van der Waals surface area contributed by atoms with E-state index in [1.54, 1.807) is 9.80 Å². The maximum absolute atomic E-state index is 11.4. The van der Waals surface area contributed by atoms with Crippen LogP contribution in [0.4, 0.5) is 17.8 Å². The van der Waals surface area contributed by atoms with E-state index in [4.69, 9.17) is 11.5 Å².